The van der Waals surface area contributed by atoms with E-state index < -0.39 is 0 Å². The minimum atomic E-state index is -0.294. The fourth-order valence-corrected chi connectivity index (χ4v) is 2.15. The maximum absolute atomic E-state index is 10.9. The Morgan fingerprint density at radius 3 is 2.75 bits per heavy atom. The van der Waals surface area contributed by atoms with Crippen molar-refractivity contribution in [3.63, 3.8) is 0 Å². The third kappa shape index (κ3) is 5.50. The van der Waals surface area contributed by atoms with E-state index in [2.05, 4.69) is 6.92 Å². The number of aliphatic hydroxyl groups excluding tert-OH is 1. The zero-order valence-corrected chi connectivity index (χ0v) is 10.3. The molecule has 0 aromatic heterocycles. The van der Waals surface area contributed by atoms with E-state index in [1.54, 1.807) is 0 Å². The fraction of sp³-hybridized carbons (Fsp3) is 0.923. The van der Waals surface area contributed by atoms with Gasteiger partial charge in [0.05, 0.1) is 6.10 Å². The molecule has 0 radical (unpaired) electrons. The van der Waals surface area contributed by atoms with Crippen LogP contribution in [0, 0.1) is 0 Å². The zero-order chi connectivity index (χ0) is 11.8. The van der Waals surface area contributed by atoms with Crippen molar-refractivity contribution in [3.8, 4) is 0 Å². The predicted molar refractivity (Wildman–Crippen MR) is 63.1 cm³/mol. The van der Waals surface area contributed by atoms with Crippen molar-refractivity contribution in [2.24, 2.45) is 0 Å². The Kier molecular flexibility index (Phi) is 6.46. The lowest BCUT2D eigenvalue weighted by Gasteiger charge is -2.14. The van der Waals surface area contributed by atoms with E-state index in [9.17, 15) is 9.90 Å². The molecule has 3 heteroatoms. The highest BCUT2D eigenvalue weighted by molar-refractivity contribution is 5.71. The van der Waals surface area contributed by atoms with Crippen molar-refractivity contribution >= 4 is 5.97 Å². The van der Waals surface area contributed by atoms with Gasteiger partial charge < -0.3 is 9.84 Å². The predicted octanol–water partition coefficient (Wildman–Crippen LogP) is 2.80. The molecule has 0 spiro atoms. The Morgan fingerprint density at radius 2 is 2.12 bits per heavy atom. The molecule has 1 aliphatic rings. The molecule has 1 aliphatic heterocycles. The first-order valence-corrected chi connectivity index (χ1v) is 6.60. The topological polar surface area (TPSA) is 46.5 Å². The van der Waals surface area contributed by atoms with Gasteiger partial charge in [0.15, 0.2) is 0 Å². The van der Waals surface area contributed by atoms with Crippen molar-refractivity contribution in [1.82, 2.24) is 0 Å². The van der Waals surface area contributed by atoms with Crippen LogP contribution in [0.25, 0.3) is 0 Å². The second kappa shape index (κ2) is 7.66. The minimum Gasteiger partial charge on any atom is -0.462 e. The molecule has 0 aliphatic carbocycles. The summed E-state index contributed by atoms with van der Waals surface area (Å²) in [5.41, 5.74) is 0. The van der Waals surface area contributed by atoms with E-state index >= 15 is 0 Å². The summed E-state index contributed by atoms with van der Waals surface area (Å²) in [6.45, 7) is 2.20. The third-order valence-corrected chi connectivity index (χ3v) is 3.14. The SMILES string of the molecule is CCCCCCCC(O)CC1CCC(=O)O1. The second-order valence-corrected chi connectivity index (χ2v) is 4.74. The Morgan fingerprint density at radius 1 is 1.38 bits per heavy atom. The molecule has 16 heavy (non-hydrogen) atoms. The van der Waals surface area contributed by atoms with Crippen LogP contribution in [-0.4, -0.2) is 23.3 Å². The summed E-state index contributed by atoms with van der Waals surface area (Å²) in [7, 11) is 0. The van der Waals surface area contributed by atoms with Crippen molar-refractivity contribution in [1.29, 1.82) is 0 Å². The molecular weight excluding hydrogens is 204 g/mol. The van der Waals surface area contributed by atoms with Gasteiger partial charge >= 0.3 is 5.97 Å². The van der Waals surface area contributed by atoms with Gasteiger partial charge in [-0.1, -0.05) is 39.0 Å². The smallest absolute Gasteiger partial charge is 0.306 e. The third-order valence-electron chi connectivity index (χ3n) is 3.14. The standard InChI is InChI=1S/C13H24O3/c1-2-3-4-5-6-7-11(14)10-12-8-9-13(15)16-12/h11-12,14H,2-10H2,1H3. The number of ether oxygens (including phenoxy) is 1. The normalized spacial score (nSPS) is 22.1. The average molecular weight is 228 g/mol. The summed E-state index contributed by atoms with van der Waals surface area (Å²) in [4.78, 5) is 10.9. The highest BCUT2D eigenvalue weighted by Crippen LogP contribution is 2.20. The molecule has 3 nitrogen and oxygen atoms in total. The summed E-state index contributed by atoms with van der Waals surface area (Å²) in [6, 6.07) is 0. The molecule has 0 aromatic carbocycles. The number of cyclic esters (lactones) is 1. The number of hydrogen-bond donors (Lipinski definition) is 1. The number of unbranched alkanes of at least 4 members (excludes halogenated alkanes) is 4. The van der Waals surface area contributed by atoms with E-state index in [0.29, 0.717) is 12.8 Å². The van der Waals surface area contributed by atoms with Crippen LogP contribution in [-0.2, 0) is 9.53 Å². The van der Waals surface area contributed by atoms with Gasteiger partial charge in [0, 0.05) is 12.8 Å². The molecule has 0 bridgehead atoms. The number of rotatable bonds is 8. The largest absolute Gasteiger partial charge is 0.462 e. The van der Waals surface area contributed by atoms with Crippen LogP contribution in [0.3, 0.4) is 0 Å². The van der Waals surface area contributed by atoms with E-state index in [0.717, 1.165) is 19.3 Å². The van der Waals surface area contributed by atoms with E-state index in [4.69, 9.17) is 4.74 Å². The lowest BCUT2D eigenvalue weighted by Crippen LogP contribution is -2.17. The molecule has 1 fully saturated rings. The van der Waals surface area contributed by atoms with E-state index in [-0.39, 0.29) is 18.2 Å². The van der Waals surface area contributed by atoms with Crippen LogP contribution < -0.4 is 0 Å². The fourth-order valence-electron chi connectivity index (χ4n) is 2.15. The van der Waals surface area contributed by atoms with Crippen LogP contribution in [0.1, 0.15) is 64.7 Å². The summed E-state index contributed by atoms with van der Waals surface area (Å²) < 4.78 is 5.08. The molecule has 0 amide bonds. The maximum Gasteiger partial charge on any atom is 0.306 e. The first-order chi connectivity index (χ1) is 7.72. The molecule has 1 N–H and O–H groups in total. The number of hydrogen-bond acceptors (Lipinski definition) is 3. The highest BCUT2D eigenvalue weighted by Gasteiger charge is 2.25. The molecule has 2 unspecified atom stereocenters. The minimum absolute atomic E-state index is 0.0295. The van der Waals surface area contributed by atoms with Gasteiger partial charge in [-0.15, -0.1) is 0 Å². The van der Waals surface area contributed by atoms with Crippen LogP contribution in [0.2, 0.25) is 0 Å². The molecule has 94 valence electrons. The molecule has 1 rings (SSSR count). The first kappa shape index (κ1) is 13.5. The van der Waals surface area contributed by atoms with Gasteiger partial charge in [0.25, 0.3) is 0 Å². The van der Waals surface area contributed by atoms with Gasteiger partial charge in [0.2, 0.25) is 0 Å². The summed E-state index contributed by atoms with van der Waals surface area (Å²) in [5, 5.41) is 9.76. The molecule has 0 aromatic rings. The second-order valence-electron chi connectivity index (χ2n) is 4.74. The molecule has 2 atom stereocenters. The van der Waals surface area contributed by atoms with Crippen LogP contribution in [0.15, 0.2) is 0 Å². The van der Waals surface area contributed by atoms with Crippen molar-refractivity contribution in [3.05, 3.63) is 0 Å². The zero-order valence-electron chi connectivity index (χ0n) is 10.3. The summed E-state index contributed by atoms with van der Waals surface area (Å²) >= 11 is 0. The first-order valence-electron chi connectivity index (χ1n) is 6.60. The maximum atomic E-state index is 10.9. The van der Waals surface area contributed by atoms with E-state index in [1.807, 2.05) is 0 Å². The van der Waals surface area contributed by atoms with Crippen molar-refractivity contribution in [2.75, 3.05) is 0 Å². The van der Waals surface area contributed by atoms with Gasteiger partial charge in [-0.05, 0) is 12.8 Å². The quantitative estimate of drug-likeness (QED) is 0.513. The van der Waals surface area contributed by atoms with Crippen LogP contribution in [0.5, 0.6) is 0 Å². The molecule has 0 saturated carbocycles. The molecule has 1 saturated heterocycles. The Hall–Kier alpha value is -0.570. The Labute approximate surface area is 98.2 Å². The lowest BCUT2D eigenvalue weighted by atomic mass is 10.0. The monoisotopic (exact) mass is 228 g/mol. The molecular formula is C13H24O3. The summed E-state index contributed by atoms with van der Waals surface area (Å²) in [5.74, 6) is -0.111. The number of aliphatic hydroxyl groups is 1. The van der Waals surface area contributed by atoms with Gasteiger partial charge in [-0.25, -0.2) is 0 Å². The van der Waals surface area contributed by atoms with Crippen LogP contribution >= 0.6 is 0 Å². The van der Waals surface area contributed by atoms with Gasteiger partial charge in [-0.3, -0.25) is 4.79 Å². The van der Waals surface area contributed by atoms with E-state index in [1.165, 1.54) is 25.7 Å². The highest BCUT2D eigenvalue weighted by atomic mass is 16.5. The Bertz CT molecular complexity index is 203. The van der Waals surface area contributed by atoms with Crippen molar-refractivity contribution < 1.29 is 14.6 Å². The summed E-state index contributed by atoms with van der Waals surface area (Å²) in [6.07, 6.45) is 8.54. The van der Waals surface area contributed by atoms with Crippen molar-refractivity contribution in [2.45, 2.75) is 76.9 Å². The lowest BCUT2D eigenvalue weighted by molar-refractivity contribution is -0.142. The van der Waals surface area contributed by atoms with Crippen LogP contribution in [0.4, 0.5) is 0 Å². The van der Waals surface area contributed by atoms with Gasteiger partial charge in [-0.2, -0.15) is 0 Å². The number of esters is 1. The number of carbonyl (C=O) groups is 1. The van der Waals surface area contributed by atoms with Gasteiger partial charge in [0.1, 0.15) is 6.10 Å². The molecule has 1 heterocycles. The number of carbonyl (C=O) groups excluding carboxylic acids is 1. The average Bonchev–Trinajstić information content (AvgIpc) is 2.63. The Balaban J connectivity index is 1.98.